The van der Waals surface area contributed by atoms with Crippen LogP contribution in [0.4, 0.5) is 0 Å². The molecule has 75 heavy (non-hydrogen) atoms. The molecule has 16 N–H and O–H groups in total. The maximum atomic E-state index is 13.7. The van der Waals surface area contributed by atoms with Crippen molar-refractivity contribution in [1.29, 1.82) is 0 Å². The number of hydrogen-bond donors (Lipinski definition) is 16. The second-order valence-electron chi connectivity index (χ2n) is 18.9. The molecule has 0 heterocycles. The van der Waals surface area contributed by atoms with Gasteiger partial charge in [-0.25, -0.2) is 19.2 Å². The number of carbonyl (C=O) groups excluding carboxylic acids is 6. The third-order valence-corrected chi connectivity index (χ3v) is 11.8. The van der Waals surface area contributed by atoms with E-state index in [4.69, 9.17) is 28.2 Å². The normalized spacial score (nSPS) is 14.1. The predicted octanol–water partition coefficient (Wildman–Crippen LogP) is -1.54. The Bertz CT molecular complexity index is 2220. The van der Waals surface area contributed by atoms with Crippen LogP contribution in [0.15, 0.2) is 30.3 Å². The molecule has 1 aromatic rings. The van der Waals surface area contributed by atoms with Crippen molar-refractivity contribution in [3.8, 4) is 0 Å². The zero-order chi connectivity index (χ0) is 57.2. The molecule has 0 saturated carbocycles. The van der Waals surface area contributed by atoms with E-state index in [1.165, 1.54) is 0 Å². The van der Waals surface area contributed by atoms with Crippen LogP contribution in [-0.2, 0) is 64.0 Å². The van der Waals surface area contributed by atoms with Crippen LogP contribution >= 0.6 is 24.8 Å². The molecule has 6 amide bonds. The van der Waals surface area contributed by atoms with E-state index in [1.807, 2.05) is 0 Å². The van der Waals surface area contributed by atoms with Crippen molar-refractivity contribution in [1.82, 2.24) is 42.5 Å². The average molecular weight is 1100 g/mol. The molecule has 29 heteroatoms. The van der Waals surface area contributed by atoms with E-state index in [-0.39, 0.29) is 55.9 Å². The third kappa shape index (κ3) is 27.6. The minimum absolute atomic E-state index is 0.0466. The van der Waals surface area contributed by atoms with E-state index < -0.39 is 150 Å². The smallest absolute Gasteiger partial charge is 0.327 e. The first-order valence-corrected chi connectivity index (χ1v) is 24.5. The lowest BCUT2D eigenvalue weighted by Gasteiger charge is -2.32. The molecule has 0 aliphatic rings. The van der Waals surface area contributed by atoms with Gasteiger partial charge in [-0.3, -0.25) is 38.4 Å². The van der Waals surface area contributed by atoms with Crippen molar-refractivity contribution in [3.05, 3.63) is 35.9 Å². The van der Waals surface area contributed by atoms with Gasteiger partial charge in [-0.1, -0.05) is 44.2 Å². The highest BCUT2D eigenvalue weighted by atomic mass is 32.1. The molecule has 0 fully saturated rings. The molecular weight excluding hydrogens is 1030 g/mol. The average Bonchev–Trinajstić information content (AvgIpc) is 3.30. The Morgan fingerprint density at radius 1 is 0.560 bits per heavy atom. The Morgan fingerprint density at radius 2 is 1.04 bits per heavy atom. The van der Waals surface area contributed by atoms with Gasteiger partial charge in [-0.05, 0) is 75.6 Å². The lowest BCUT2D eigenvalue weighted by molar-refractivity contribution is -0.143. The van der Waals surface area contributed by atoms with Gasteiger partial charge in [0.2, 0.25) is 35.4 Å². The number of thiocarbonyl (C=S) groups is 1. The standard InChI is InChI=1S/C46H69N9O18S2/c1-45(2,17-18-46(3,4)55-33(57)14-11-27(41(68)69)53-44(75)54-28(42(70)71)12-15-35(59)60)22-34(58)49-29(20-24-8-6-5-7-9-24)38(64)50-26(40(66)67)10-13-32(56)48-19-16-25(47)37(63)51-30(21-36(61)62)39(65)52-31(23-74)43(72)73/h5-9,25-31,74H,10-23,47H2,1-4H3,(H,48,56)(H,49,58)(H,50,64)(H,51,63)(H,52,65)(H,55,57)(H,59,60)(H,61,62)(H,66,67)(H,68,69)(H,70,71)(H,72,73)(H2,53,54,75)/t25-,26-,27-,28-,29-,30-,31-/m0/s1. The van der Waals surface area contributed by atoms with Gasteiger partial charge >= 0.3 is 35.8 Å². The Hall–Kier alpha value is -7.14. The molecule has 0 aliphatic carbocycles. The van der Waals surface area contributed by atoms with Crippen LogP contribution in [0, 0.1) is 5.41 Å². The molecule has 0 spiro atoms. The highest BCUT2D eigenvalue weighted by Gasteiger charge is 2.33. The van der Waals surface area contributed by atoms with Crippen LogP contribution in [0.25, 0.3) is 0 Å². The summed E-state index contributed by atoms with van der Waals surface area (Å²) in [5.74, 6) is -13.5. The zero-order valence-corrected chi connectivity index (χ0v) is 43.6. The maximum Gasteiger partial charge on any atom is 0.327 e. The van der Waals surface area contributed by atoms with Gasteiger partial charge in [-0.15, -0.1) is 0 Å². The number of hydrogen-bond acceptors (Lipinski definition) is 15. The summed E-state index contributed by atoms with van der Waals surface area (Å²) >= 11 is 8.85. The van der Waals surface area contributed by atoms with Crippen molar-refractivity contribution in [3.63, 3.8) is 0 Å². The van der Waals surface area contributed by atoms with Crippen molar-refractivity contribution >= 4 is 101 Å². The van der Waals surface area contributed by atoms with Gasteiger partial charge < -0.3 is 78.9 Å². The van der Waals surface area contributed by atoms with E-state index >= 15 is 0 Å². The molecule has 0 bridgehead atoms. The highest BCUT2D eigenvalue weighted by Crippen LogP contribution is 2.30. The number of amides is 6. The van der Waals surface area contributed by atoms with E-state index in [2.05, 4.69) is 55.2 Å². The minimum Gasteiger partial charge on any atom is -0.481 e. The number of carboxylic acids is 6. The Kier molecular flexibility index (Phi) is 28.3. The molecule has 1 rings (SSSR count). The van der Waals surface area contributed by atoms with Crippen LogP contribution in [0.3, 0.4) is 0 Å². The fraction of sp³-hybridized carbons (Fsp3) is 0.587. The van der Waals surface area contributed by atoms with Crippen molar-refractivity contribution in [2.45, 2.75) is 153 Å². The van der Waals surface area contributed by atoms with Gasteiger partial charge in [0.15, 0.2) is 5.11 Å². The molecular formula is C46H69N9O18S2. The fourth-order valence-corrected chi connectivity index (χ4v) is 7.44. The summed E-state index contributed by atoms with van der Waals surface area (Å²) in [6.07, 6.45) is -2.83. The fourth-order valence-electron chi connectivity index (χ4n) is 6.91. The van der Waals surface area contributed by atoms with Gasteiger partial charge in [0, 0.05) is 49.9 Å². The molecule has 0 saturated heterocycles. The van der Waals surface area contributed by atoms with Crippen molar-refractivity contribution < 1.29 is 88.2 Å². The Balaban J connectivity index is 2.87. The SMILES string of the molecule is CC(C)(CCC(C)(C)NC(=O)CC[C@H](NC(=S)N[C@@H](CCC(=O)O)C(=O)O)C(=O)O)CC(=O)N[C@@H](Cc1ccccc1)C(=O)N[C@@H](CCC(=O)NCC[C@H](N)C(=O)N[C@@H](CC(=O)O)C(=O)N[C@@H](CS)C(=O)O)C(=O)O. The second-order valence-corrected chi connectivity index (χ2v) is 19.7. The summed E-state index contributed by atoms with van der Waals surface area (Å²) in [7, 11) is 0. The number of thiol groups is 1. The van der Waals surface area contributed by atoms with Crippen molar-refractivity contribution in [2.24, 2.45) is 11.1 Å². The number of nitrogens with two attached hydrogens (primary N) is 1. The number of carboxylic acid groups (broad SMARTS) is 6. The first-order chi connectivity index (χ1) is 34.8. The second kappa shape index (κ2) is 32.2. The molecule has 0 aliphatic heterocycles. The number of benzene rings is 1. The van der Waals surface area contributed by atoms with Gasteiger partial charge in [0.1, 0.15) is 36.3 Å². The number of nitrogens with one attached hydrogen (secondary N) is 8. The molecule has 0 radical (unpaired) electrons. The summed E-state index contributed by atoms with van der Waals surface area (Å²) in [5, 5.41) is 75.3. The van der Waals surface area contributed by atoms with E-state index in [0.29, 0.717) is 18.4 Å². The predicted molar refractivity (Wildman–Crippen MR) is 272 cm³/mol. The monoisotopic (exact) mass is 1100 g/mol. The van der Waals surface area contributed by atoms with Crippen LogP contribution in [-0.4, -0.2) is 167 Å². The van der Waals surface area contributed by atoms with Crippen LogP contribution in [0.2, 0.25) is 0 Å². The minimum atomic E-state index is -1.70. The summed E-state index contributed by atoms with van der Waals surface area (Å²) in [6, 6.07) is -1.72. The first-order valence-electron chi connectivity index (χ1n) is 23.5. The molecule has 1 aromatic carbocycles. The summed E-state index contributed by atoms with van der Waals surface area (Å²) in [6.45, 7) is 6.77. The van der Waals surface area contributed by atoms with Crippen LogP contribution < -0.4 is 48.3 Å². The maximum absolute atomic E-state index is 13.7. The number of carbonyl (C=O) groups is 12. The quantitative estimate of drug-likeness (QED) is 0.0267. The van der Waals surface area contributed by atoms with Gasteiger partial charge in [0.25, 0.3) is 0 Å². The Morgan fingerprint density at radius 3 is 1.55 bits per heavy atom. The molecule has 0 unspecified atom stereocenters. The molecule has 0 aromatic heterocycles. The summed E-state index contributed by atoms with van der Waals surface area (Å²) in [4.78, 5) is 147. The number of rotatable bonds is 36. The lowest BCUT2D eigenvalue weighted by Crippen LogP contribution is -2.55. The van der Waals surface area contributed by atoms with Gasteiger partial charge in [-0.2, -0.15) is 12.6 Å². The summed E-state index contributed by atoms with van der Waals surface area (Å²) < 4.78 is 0. The number of aliphatic carboxylic acids is 6. The molecule has 27 nitrogen and oxygen atoms in total. The zero-order valence-electron chi connectivity index (χ0n) is 41.8. The van der Waals surface area contributed by atoms with Crippen LogP contribution in [0.1, 0.15) is 104 Å². The van der Waals surface area contributed by atoms with E-state index in [1.54, 1.807) is 58.0 Å². The third-order valence-electron chi connectivity index (χ3n) is 11.2. The van der Waals surface area contributed by atoms with Crippen LogP contribution in [0.5, 0.6) is 0 Å². The van der Waals surface area contributed by atoms with Crippen molar-refractivity contribution in [2.75, 3.05) is 12.3 Å². The topological polar surface area (TPSA) is 448 Å². The molecule has 7 atom stereocenters. The molecule has 418 valence electrons. The Labute approximate surface area is 442 Å². The first kappa shape index (κ1) is 65.9. The van der Waals surface area contributed by atoms with E-state index in [0.717, 1.165) is 0 Å². The largest absolute Gasteiger partial charge is 0.481 e. The van der Waals surface area contributed by atoms with E-state index in [9.17, 15) is 78.0 Å². The lowest BCUT2D eigenvalue weighted by atomic mass is 9.80. The highest BCUT2D eigenvalue weighted by molar-refractivity contribution is 7.80. The van der Waals surface area contributed by atoms with Gasteiger partial charge in [0.05, 0.1) is 12.5 Å². The summed E-state index contributed by atoms with van der Waals surface area (Å²) in [5.41, 5.74) is 4.90.